The van der Waals surface area contributed by atoms with Crippen molar-refractivity contribution in [2.45, 2.75) is 13.0 Å². The average molecular weight is 419 g/mol. The quantitative estimate of drug-likeness (QED) is 0.781. The van der Waals surface area contributed by atoms with Gasteiger partial charge in [0.1, 0.15) is 5.75 Å². The molecule has 26 heavy (non-hydrogen) atoms. The monoisotopic (exact) mass is 418 g/mol. The predicted molar refractivity (Wildman–Crippen MR) is 108 cm³/mol. The third-order valence-electron chi connectivity index (χ3n) is 4.93. The standard InChI is InChI=1S/C20H24BrN3O2/c1-15(20(25)22-17-7-5-6-16(21)14-17)23-10-12-24(13-11-23)18-8-3-4-9-19(18)26-2/h3-9,14-15H,10-13H2,1-2H3,(H,22,25)/p+1/t15-/m1/s1. The van der Waals surface area contributed by atoms with Crippen molar-refractivity contribution in [3.63, 3.8) is 0 Å². The largest absolute Gasteiger partial charge is 0.495 e. The van der Waals surface area contributed by atoms with Crippen LogP contribution in [0.25, 0.3) is 0 Å². The van der Waals surface area contributed by atoms with Crippen molar-refractivity contribution in [2.75, 3.05) is 43.5 Å². The van der Waals surface area contributed by atoms with Crippen LogP contribution in [0.15, 0.2) is 53.0 Å². The van der Waals surface area contributed by atoms with Crippen LogP contribution in [0.2, 0.25) is 0 Å². The number of halogens is 1. The molecule has 0 unspecified atom stereocenters. The second-order valence-electron chi connectivity index (χ2n) is 6.54. The van der Waals surface area contributed by atoms with E-state index in [0.29, 0.717) is 0 Å². The molecule has 2 aromatic carbocycles. The first kappa shape index (κ1) is 18.7. The lowest BCUT2D eigenvalue weighted by atomic mass is 10.2. The molecule has 0 bridgehead atoms. The van der Waals surface area contributed by atoms with Crippen LogP contribution in [0, 0.1) is 0 Å². The van der Waals surface area contributed by atoms with Gasteiger partial charge in [-0.1, -0.05) is 34.1 Å². The van der Waals surface area contributed by atoms with Gasteiger partial charge in [-0.15, -0.1) is 0 Å². The first-order valence-electron chi connectivity index (χ1n) is 8.87. The number of benzene rings is 2. The van der Waals surface area contributed by atoms with E-state index in [1.807, 2.05) is 49.4 Å². The van der Waals surface area contributed by atoms with Crippen LogP contribution in [-0.4, -0.2) is 45.2 Å². The number of carbonyl (C=O) groups is 1. The number of carbonyl (C=O) groups excluding carboxylic acids is 1. The van der Waals surface area contributed by atoms with Crippen molar-refractivity contribution in [3.8, 4) is 5.75 Å². The molecule has 1 saturated heterocycles. The number of para-hydroxylation sites is 2. The summed E-state index contributed by atoms with van der Waals surface area (Å²) in [6.45, 7) is 5.66. The number of amides is 1. The van der Waals surface area contributed by atoms with Crippen molar-refractivity contribution in [1.82, 2.24) is 0 Å². The van der Waals surface area contributed by atoms with E-state index in [-0.39, 0.29) is 11.9 Å². The minimum Gasteiger partial charge on any atom is -0.495 e. The minimum absolute atomic E-state index is 0.0591. The molecule has 1 aliphatic heterocycles. The maximum atomic E-state index is 12.6. The van der Waals surface area contributed by atoms with Gasteiger partial charge in [0.25, 0.3) is 5.91 Å². The predicted octanol–water partition coefficient (Wildman–Crippen LogP) is 2.19. The second-order valence-corrected chi connectivity index (χ2v) is 7.45. The zero-order valence-electron chi connectivity index (χ0n) is 15.2. The zero-order chi connectivity index (χ0) is 18.5. The van der Waals surface area contributed by atoms with E-state index in [4.69, 9.17) is 4.74 Å². The SMILES string of the molecule is COc1ccccc1N1CC[NH+]([C@H](C)C(=O)Nc2cccc(Br)c2)CC1. The lowest BCUT2D eigenvalue weighted by Crippen LogP contribution is -3.19. The van der Waals surface area contributed by atoms with Crippen molar-refractivity contribution >= 4 is 33.2 Å². The summed E-state index contributed by atoms with van der Waals surface area (Å²) in [5, 5.41) is 3.02. The Kier molecular flexibility index (Phi) is 6.16. The van der Waals surface area contributed by atoms with E-state index in [9.17, 15) is 4.79 Å². The van der Waals surface area contributed by atoms with Crippen LogP contribution in [0.5, 0.6) is 5.75 Å². The smallest absolute Gasteiger partial charge is 0.282 e. The number of quaternary nitrogens is 1. The highest BCUT2D eigenvalue weighted by atomic mass is 79.9. The van der Waals surface area contributed by atoms with Gasteiger partial charge in [-0.3, -0.25) is 4.79 Å². The summed E-state index contributed by atoms with van der Waals surface area (Å²) >= 11 is 3.43. The Bertz CT molecular complexity index is 760. The van der Waals surface area contributed by atoms with Gasteiger partial charge in [0.15, 0.2) is 6.04 Å². The molecule has 1 aliphatic rings. The van der Waals surface area contributed by atoms with Crippen molar-refractivity contribution in [3.05, 3.63) is 53.0 Å². The molecule has 0 radical (unpaired) electrons. The van der Waals surface area contributed by atoms with Gasteiger partial charge in [-0.25, -0.2) is 0 Å². The number of anilines is 2. The van der Waals surface area contributed by atoms with Crippen molar-refractivity contribution in [2.24, 2.45) is 0 Å². The van der Waals surface area contributed by atoms with E-state index in [0.717, 1.165) is 47.8 Å². The molecule has 5 nitrogen and oxygen atoms in total. The molecule has 138 valence electrons. The maximum Gasteiger partial charge on any atom is 0.282 e. The lowest BCUT2D eigenvalue weighted by Gasteiger charge is -2.36. The first-order valence-corrected chi connectivity index (χ1v) is 9.67. The molecule has 0 saturated carbocycles. The molecule has 2 aromatic rings. The summed E-state index contributed by atoms with van der Waals surface area (Å²) in [5.41, 5.74) is 1.95. The minimum atomic E-state index is -0.0891. The Morgan fingerprint density at radius 3 is 2.62 bits per heavy atom. The van der Waals surface area contributed by atoms with E-state index >= 15 is 0 Å². The highest BCUT2D eigenvalue weighted by molar-refractivity contribution is 9.10. The van der Waals surface area contributed by atoms with Gasteiger partial charge in [-0.05, 0) is 37.3 Å². The molecule has 6 heteroatoms. The van der Waals surface area contributed by atoms with Crippen LogP contribution in [0.3, 0.4) is 0 Å². The number of hydrogen-bond acceptors (Lipinski definition) is 3. The molecule has 1 heterocycles. The number of methoxy groups -OCH3 is 1. The molecule has 1 amide bonds. The summed E-state index contributed by atoms with van der Waals surface area (Å²) in [6.07, 6.45) is 0. The van der Waals surface area contributed by atoms with E-state index < -0.39 is 0 Å². The van der Waals surface area contributed by atoms with Gasteiger partial charge in [0.05, 0.1) is 39.0 Å². The first-order chi connectivity index (χ1) is 12.6. The van der Waals surface area contributed by atoms with Gasteiger partial charge >= 0.3 is 0 Å². The molecule has 0 spiro atoms. The molecule has 2 N–H and O–H groups in total. The molecular formula is C20H25BrN3O2+. The Balaban J connectivity index is 1.58. The Hall–Kier alpha value is -2.05. The number of nitrogens with one attached hydrogen (secondary N) is 2. The zero-order valence-corrected chi connectivity index (χ0v) is 16.8. The molecule has 0 aromatic heterocycles. The summed E-state index contributed by atoms with van der Waals surface area (Å²) in [4.78, 5) is 16.2. The summed E-state index contributed by atoms with van der Waals surface area (Å²) in [5.74, 6) is 0.959. The molecule has 1 atom stereocenters. The van der Waals surface area contributed by atoms with Gasteiger partial charge in [-0.2, -0.15) is 0 Å². The number of piperazine rings is 1. The highest BCUT2D eigenvalue weighted by Crippen LogP contribution is 2.27. The fourth-order valence-electron chi connectivity index (χ4n) is 3.36. The summed E-state index contributed by atoms with van der Waals surface area (Å²) < 4.78 is 6.43. The number of hydrogen-bond donors (Lipinski definition) is 2. The lowest BCUT2D eigenvalue weighted by molar-refractivity contribution is -0.914. The third-order valence-corrected chi connectivity index (χ3v) is 5.42. The van der Waals surface area contributed by atoms with Crippen LogP contribution in [-0.2, 0) is 4.79 Å². The van der Waals surface area contributed by atoms with Crippen LogP contribution in [0.1, 0.15) is 6.92 Å². The second kappa shape index (κ2) is 8.56. The maximum absolute atomic E-state index is 12.6. The normalized spacial score (nSPS) is 16.2. The Labute approximate surface area is 163 Å². The number of rotatable bonds is 5. The fraction of sp³-hybridized carbons (Fsp3) is 0.350. The van der Waals surface area contributed by atoms with Crippen molar-refractivity contribution in [1.29, 1.82) is 0 Å². The van der Waals surface area contributed by atoms with Gasteiger partial charge < -0.3 is 19.9 Å². The van der Waals surface area contributed by atoms with E-state index in [1.54, 1.807) is 7.11 Å². The van der Waals surface area contributed by atoms with Crippen LogP contribution >= 0.6 is 15.9 Å². The number of nitrogens with zero attached hydrogens (tertiary/aromatic N) is 1. The summed E-state index contributed by atoms with van der Waals surface area (Å²) in [7, 11) is 1.70. The summed E-state index contributed by atoms with van der Waals surface area (Å²) in [6, 6.07) is 15.7. The molecule has 3 rings (SSSR count). The van der Waals surface area contributed by atoms with Crippen LogP contribution in [0.4, 0.5) is 11.4 Å². The number of ether oxygens (including phenoxy) is 1. The van der Waals surface area contributed by atoms with Crippen molar-refractivity contribution < 1.29 is 14.4 Å². The van der Waals surface area contributed by atoms with Crippen LogP contribution < -0.4 is 19.9 Å². The van der Waals surface area contributed by atoms with E-state index in [1.165, 1.54) is 4.90 Å². The fourth-order valence-corrected chi connectivity index (χ4v) is 3.76. The van der Waals surface area contributed by atoms with E-state index in [2.05, 4.69) is 32.2 Å². The topological polar surface area (TPSA) is 46.0 Å². The highest BCUT2D eigenvalue weighted by Gasteiger charge is 2.30. The molecule has 0 aliphatic carbocycles. The average Bonchev–Trinajstić information content (AvgIpc) is 2.67. The molecule has 1 fully saturated rings. The third kappa shape index (κ3) is 4.37. The Morgan fingerprint density at radius 2 is 1.92 bits per heavy atom. The Morgan fingerprint density at radius 1 is 1.19 bits per heavy atom. The molecular weight excluding hydrogens is 394 g/mol. The van der Waals surface area contributed by atoms with Gasteiger partial charge in [0.2, 0.25) is 0 Å². The van der Waals surface area contributed by atoms with Gasteiger partial charge in [0, 0.05) is 10.2 Å².